The van der Waals surface area contributed by atoms with E-state index in [0.29, 0.717) is 6.04 Å². The molecule has 0 amide bonds. The fourth-order valence-corrected chi connectivity index (χ4v) is 2.20. The summed E-state index contributed by atoms with van der Waals surface area (Å²) in [5.41, 5.74) is 2.08. The van der Waals surface area contributed by atoms with Gasteiger partial charge in [0.05, 0.1) is 18.0 Å². The lowest BCUT2D eigenvalue weighted by molar-refractivity contribution is 0.0876. The van der Waals surface area contributed by atoms with Gasteiger partial charge in [-0.25, -0.2) is 9.67 Å². The number of benzene rings is 1. The Kier molecular flexibility index (Phi) is 3.23. The van der Waals surface area contributed by atoms with Crippen molar-refractivity contribution in [3.05, 3.63) is 36.9 Å². The maximum absolute atomic E-state index is 5.49. The van der Waals surface area contributed by atoms with Crippen LogP contribution in [-0.2, 0) is 4.74 Å². The zero-order valence-electron chi connectivity index (χ0n) is 10.1. The number of hydrogen-bond acceptors (Lipinski definition) is 4. The van der Waals surface area contributed by atoms with Crippen LogP contribution < -0.4 is 5.32 Å². The zero-order chi connectivity index (χ0) is 12.2. The van der Waals surface area contributed by atoms with Gasteiger partial charge >= 0.3 is 0 Å². The van der Waals surface area contributed by atoms with Crippen molar-refractivity contribution in [3.8, 4) is 5.69 Å². The Bertz CT molecular complexity index is 491. The molecule has 1 unspecified atom stereocenters. The number of hydrogen-bond donors (Lipinski definition) is 1. The molecule has 1 fully saturated rings. The predicted molar refractivity (Wildman–Crippen MR) is 68.8 cm³/mol. The highest BCUT2D eigenvalue weighted by Gasteiger charge is 2.15. The fraction of sp³-hybridized carbons (Fsp3) is 0.385. The first kappa shape index (κ1) is 11.2. The Morgan fingerprint density at radius 2 is 2.28 bits per heavy atom. The third kappa shape index (κ3) is 2.36. The van der Waals surface area contributed by atoms with Crippen LogP contribution in [-0.4, -0.2) is 34.0 Å². The normalized spacial score (nSPS) is 19.7. The topological polar surface area (TPSA) is 52.0 Å². The summed E-state index contributed by atoms with van der Waals surface area (Å²) in [4.78, 5) is 3.99. The zero-order valence-corrected chi connectivity index (χ0v) is 10.1. The van der Waals surface area contributed by atoms with E-state index in [2.05, 4.69) is 21.5 Å². The van der Waals surface area contributed by atoms with Crippen LogP contribution in [0.2, 0.25) is 0 Å². The molecule has 1 atom stereocenters. The van der Waals surface area contributed by atoms with Gasteiger partial charge in [-0.05, 0) is 25.0 Å². The van der Waals surface area contributed by atoms with Crippen LogP contribution in [0.3, 0.4) is 0 Å². The van der Waals surface area contributed by atoms with Crippen molar-refractivity contribution < 1.29 is 4.74 Å². The molecule has 1 aromatic heterocycles. The van der Waals surface area contributed by atoms with Gasteiger partial charge < -0.3 is 10.1 Å². The molecule has 0 aliphatic carbocycles. The Hall–Kier alpha value is -1.88. The van der Waals surface area contributed by atoms with E-state index in [4.69, 9.17) is 4.74 Å². The molecular weight excluding hydrogens is 228 g/mol. The number of ether oxygens (including phenoxy) is 1. The van der Waals surface area contributed by atoms with E-state index in [9.17, 15) is 0 Å². The number of nitrogens with one attached hydrogen (secondary N) is 1. The molecule has 5 heteroatoms. The molecule has 1 aliphatic rings. The van der Waals surface area contributed by atoms with Gasteiger partial charge in [-0.15, -0.1) is 0 Å². The SMILES string of the molecule is c1ccc(-n2cncn2)c(NC2CCCOC2)c1. The highest BCUT2D eigenvalue weighted by molar-refractivity contribution is 5.60. The summed E-state index contributed by atoms with van der Waals surface area (Å²) < 4.78 is 7.26. The van der Waals surface area contributed by atoms with E-state index in [1.54, 1.807) is 17.3 Å². The van der Waals surface area contributed by atoms with Crippen molar-refractivity contribution in [1.82, 2.24) is 14.8 Å². The van der Waals surface area contributed by atoms with E-state index in [1.807, 2.05) is 18.2 Å². The molecule has 1 saturated heterocycles. The molecule has 2 heterocycles. The Balaban J connectivity index is 1.83. The molecule has 94 valence electrons. The second-order valence-electron chi connectivity index (χ2n) is 4.42. The summed E-state index contributed by atoms with van der Waals surface area (Å²) in [7, 11) is 0. The molecule has 2 aromatic rings. The molecule has 0 bridgehead atoms. The number of aromatic nitrogens is 3. The number of para-hydroxylation sites is 2. The van der Waals surface area contributed by atoms with Gasteiger partial charge in [-0.1, -0.05) is 12.1 Å². The van der Waals surface area contributed by atoms with Gasteiger partial charge in [-0.3, -0.25) is 0 Å². The first-order chi connectivity index (χ1) is 8.93. The average molecular weight is 244 g/mol. The van der Waals surface area contributed by atoms with Crippen molar-refractivity contribution in [2.45, 2.75) is 18.9 Å². The standard InChI is InChI=1S/C13H16N4O/c1-2-6-13(17-10-14-9-15-17)12(5-1)16-11-4-3-7-18-8-11/h1-2,5-6,9-11,16H,3-4,7-8H2. The summed E-state index contributed by atoms with van der Waals surface area (Å²) >= 11 is 0. The monoisotopic (exact) mass is 244 g/mol. The van der Waals surface area contributed by atoms with Crippen LogP contribution in [0.5, 0.6) is 0 Å². The van der Waals surface area contributed by atoms with Gasteiger partial charge in [0, 0.05) is 12.6 Å². The molecular formula is C13H16N4O. The largest absolute Gasteiger partial charge is 0.379 e. The average Bonchev–Trinajstić information content (AvgIpc) is 2.94. The number of anilines is 1. The first-order valence-electron chi connectivity index (χ1n) is 6.22. The lowest BCUT2D eigenvalue weighted by atomic mass is 10.1. The molecule has 3 rings (SSSR count). The second-order valence-corrected chi connectivity index (χ2v) is 4.42. The third-order valence-electron chi connectivity index (χ3n) is 3.09. The van der Waals surface area contributed by atoms with Gasteiger partial charge in [0.1, 0.15) is 12.7 Å². The maximum atomic E-state index is 5.49. The number of rotatable bonds is 3. The minimum absolute atomic E-state index is 0.378. The number of nitrogens with zero attached hydrogens (tertiary/aromatic N) is 3. The van der Waals surface area contributed by atoms with Crippen LogP contribution in [0.25, 0.3) is 5.69 Å². The van der Waals surface area contributed by atoms with E-state index in [-0.39, 0.29) is 0 Å². The Labute approximate surface area is 106 Å². The van der Waals surface area contributed by atoms with Crippen molar-refractivity contribution in [2.24, 2.45) is 0 Å². The highest BCUT2D eigenvalue weighted by atomic mass is 16.5. The Morgan fingerprint density at radius 3 is 3.06 bits per heavy atom. The van der Waals surface area contributed by atoms with Crippen LogP contribution in [0.1, 0.15) is 12.8 Å². The van der Waals surface area contributed by atoms with Gasteiger partial charge in [0.25, 0.3) is 0 Å². The molecule has 0 saturated carbocycles. The minimum atomic E-state index is 0.378. The minimum Gasteiger partial charge on any atom is -0.379 e. The van der Waals surface area contributed by atoms with Crippen LogP contribution in [0.15, 0.2) is 36.9 Å². The quantitative estimate of drug-likeness (QED) is 0.895. The third-order valence-corrected chi connectivity index (χ3v) is 3.09. The smallest absolute Gasteiger partial charge is 0.138 e. The van der Waals surface area contributed by atoms with Crippen molar-refractivity contribution in [2.75, 3.05) is 18.5 Å². The van der Waals surface area contributed by atoms with Crippen LogP contribution >= 0.6 is 0 Å². The van der Waals surface area contributed by atoms with E-state index >= 15 is 0 Å². The molecule has 5 nitrogen and oxygen atoms in total. The first-order valence-corrected chi connectivity index (χ1v) is 6.22. The summed E-state index contributed by atoms with van der Waals surface area (Å²) in [5, 5.41) is 7.70. The summed E-state index contributed by atoms with van der Waals surface area (Å²) in [5.74, 6) is 0. The highest BCUT2D eigenvalue weighted by Crippen LogP contribution is 2.21. The molecule has 1 aromatic carbocycles. The van der Waals surface area contributed by atoms with Gasteiger partial charge in [-0.2, -0.15) is 5.10 Å². The lowest BCUT2D eigenvalue weighted by Crippen LogP contribution is -2.30. The summed E-state index contributed by atoms with van der Waals surface area (Å²) in [6.07, 6.45) is 5.51. The molecule has 0 spiro atoms. The van der Waals surface area contributed by atoms with E-state index in [1.165, 1.54) is 0 Å². The molecule has 0 radical (unpaired) electrons. The predicted octanol–water partition coefficient (Wildman–Crippen LogP) is 1.86. The lowest BCUT2D eigenvalue weighted by Gasteiger charge is -2.25. The maximum Gasteiger partial charge on any atom is 0.138 e. The second kappa shape index (κ2) is 5.18. The molecule has 1 aliphatic heterocycles. The summed E-state index contributed by atoms with van der Waals surface area (Å²) in [6.45, 7) is 1.65. The Morgan fingerprint density at radius 1 is 1.33 bits per heavy atom. The fourth-order valence-electron chi connectivity index (χ4n) is 2.20. The van der Waals surface area contributed by atoms with Gasteiger partial charge in [0.2, 0.25) is 0 Å². The van der Waals surface area contributed by atoms with Gasteiger partial charge in [0.15, 0.2) is 0 Å². The van der Waals surface area contributed by atoms with Crippen LogP contribution in [0.4, 0.5) is 5.69 Å². The van der Waals surface area contributed by atoms with Crippen molar-refractivity contribution in [1.29, 1.82) is 0 Å². The molecule has 1 N–H and O–H groups in total. The van der Waals surface area contributed by atoms with Crippen molar-refractivity contribution >= 4 is 5.69 Å². The van der Waals surface area contributed by atoms with E-state index in [0.717, 1.165) is 37.4 Å². The van der Waals surface area contributed by atoms with Crippen molar-refractivity contribution in [3.63, 3.8) is 0 Å². The summed E-state index contributed by atoms with van der Waals surface area (Å²) in [6, 6.07) is 8.49. The molecule has 18 heavy (non-hydrogen) atoms. The van der Waals surface area contributed by atoms with E-state index < -0.39 is 0 Å². The van der Waals surface area contributed by atoms with Crippen LogP contribution in [0, 0.1) is 0 Å².